The number of hydrogen-bond donors (Lipinski definition) is 3. The van der Waals surface area contributed by atoms with E-state index in [2.05, 4.69) is 10.3 Å². The SMILES string of the molecule is CO[C@H]1CN(c2cc(F)c3c(c2F)OC[C@H](NC(=O)c2sc4nc(C)ccc4c2N)C3)C[C@@H]1N. The van der Waals surface area contributed by atoms with Crippen molar-refractivity contribution in [2.75, 3.05) is 37.4 Å². The zero-order chi connectivity index (χ0) is 24.1. The normalized spacial score (nSPS) is 22.0. The van der Waals surface area contributed by atoms with Crippen LogP contribution in [0.1, 0.15) is 20.9 Å². The number of fused-ring (bicyclic) bond motifs is 2. The van der Waals surface area contributed by atoms with Crippen molar-refractivity contribution in [3.8, 4) is 5.75 Å². The summed E-state index contributed by atoms with van der Waals surface area (Å²) in [5.74, 6) is -1.76. The summed E-state index contributed by atoms with van der Waals surface area (Å²) in [7, 11) is 1.54. The molecule has 0 radical (unpaired) electrons. The average Bonchev–Trinajstić information content (AvgIpc) is 3.35. The maximum absolute atomic E-state index is 15.3. The quantitative estimate of drug-likeness (QED) is 0.515. The van der Waals surface area contributed by atoms with E-state index in [1.165, 1.54) is 11.3 Å². The van der Waals surface area contributed by atoms with Crippen molar-refractivity contribution in [3.05, 3.63) is 46.0 Å². The molecule has 3 atom stereocenters. The van der Waals surface area contributed by atoms with Crippen molar-refractivity contribution in [1.29, 1.82) is 0 Å². The monoisotopic (exact) mass is 489 g/mol. The van der Waals surface area contributed by atoms with E-state index in [9.17, 15) is 4.79 Å². The minimum atomic E-state index is -0.639. The van der Waals surface area contributed by atoms with Gasteiger partial charge in [-0.1, -0.05) is 0 Å². The minimum Gasteiger partial charge on any atom is -0.488 e. The van der Waals surface area contributed by atoms with Crippen LogP contribution in [0.3, 0.4) is 0 Å². The molecule has 4 heterocycles. The molecule has 0 unspecified atom stereocenters. The Morgan fingerprint density at radius 1 is 1.35 bits per heavy atom. The van der Waals surface area contributed by atoms with E-state index in [0.717, 1.165) is 11.8 Å². The maximum Gasteiger partial charge on any atom is 0.263 e. The molecule has 2 aliphatic heterocycles. The van der Waals surface area contributed by atoms with E-state index in [1.54, 1.807) is 12.0 Å². The molecule has 8 nitrogen and oxygen atoms in total. The first kappa shape index (κ1) is 22.8. The third-order valence-electron chi connectivity index (χ3n) is 6.36. The van der Waals surface area contributed by atoms with Crippen LogP contribution in [0.5, 0.6) is 5.75 Å². The number of halogens is 2. The molecule has 180 valence electrons. The third-order valence-corrected chi connectivity index (χ3v) is 7.47. The molecule has 1 aromatic carbocycles. The van der Waals surface area contributed by atoms with E-state index in [1.807, 2.05) is 19.1 Å². The first-order valence-corrected chi connectivity index (χ1v) is 11.7. The second-order valence-corrected chi connectivity index (χ2v) is 9.68. The van der Waals surface area contributed by atoms with Gasteiger partial charge in [-0.3, -0.25) is 4.79 Å². The Balaban J connectivity index is 1.35. The minimum absolute atomic E-state index is 0.000914. The molecule has 34 heavy (non-hydrogen) atoms. The number of nitrogens with one attached hydrogen (secondary N) is 1. The van der Waals surface area contributed by atoms with Gasteiger partial charge in [0.2, 0.25) is 0 Å². The molecule has 1 amide bonds. The zero-order valence-electron chi connectivity index (χ0n) is 18.7. The zero-order valence-corrected chi connectivity index (χ0v) is 19.5. The topological polar surface area (TPSA) is 116 Å². The predicted molar refractivity (Wildman–Crippen MR) is 127 cm³/mol. The van der Waals surface area contributed by atoms with E-state index < -0.39 is 23.6 Å². The lowest BCUT2D eigenvalue weighted by atomic mass is 10.0. The van der Waals surface area contributed by atoms with Gasteiger partial charge in [-0.05, 0) is 19.1 Å². The highest BCUT2D eigenvalue weighted by atomic mass is 32.1. The summed E-state index contributed by atoms with van der Waals surface area (Å²) in [6, 6.07) is 3.97. The van der Waals surface area contributed by atoms with Crippen molar-refractivity contribution in [2.24, 2.45) is 5.73 Å². The van der Waals surface area contributed by atoms with Crippen LogP contribution in [0, 0.1) is 18.6 Å². The highest BCUT2D eigenvalue weighted by Gasteiger charge is 2.35. The highest BCUT2D eigenvalue weighted by molar-refractivity contribution is 7.21. The first-order chi connectivity index (χ1) is 16.3. The Morgan fingerprint density at radius 3 is 2.88 bits per heavy atom. The summed E-state index contributed by atoms with van der Waals surface area (Å²) in [5.41, 5.74) is 13.6. The summed E-state index contributed by atoms with van der Waals surface area (Å²) < 4.78 is 41.2. The van der Waals surface area contributed by atoms with Crippen LogP contribution in [0.4, 0.5) is 20.2 Å². The van der Waals surface area contributed by atoms with Gasteiger partial charge < -0.3 is 31.2 Å². The molecule has 1 saturated heterocycles. The van der Waals surface area contributed by atoms with Gasteiger partial charge in [-0.25, -0.2) is 13.8 Å². The van der Waals surface area contributed by atoms with Crippen molar-refractivity contribution < 1.29 is 23.0 Å². The van der Waals surface area contributed by atoms with Crippen molar-refractivity contribution >= 4 is 38.8 Å². The Bertz CT molecular complexity index is 1280. The number of amides is 1. The van der Waals surface area contributed by atoms with Crippen molar-refractivity contribution in [1.82, 2.24) is 10.3 Å². The molecule has 5 rings (SSSR count). The Kier molecular flexibility index (Phi) is 5.78. The second-order valence-electron chi connectivity index (χ2n) is 8.68. The fraction of sp³-hybridized carbons (Fsp3) is 0.391. The molecule has 0 bridgehead atoms. The molecule has 5 N–H and O–H groups in total. The van der Waals surface area contributed by atoms with Crippen LogP contribution >= 0.6 is 11.3 Å². The van der Waals surface area contributed by atoms with E-state index >= 15 is 8.78 Å². The number of nitrogens with two attached hydrogens (primary N) is 2. The van der Waals surface area contributed by atoms with Crippen molar-refractivity contribution in [3.63, 3.8) is 0 Å². The molecular weight excluding hydrogens is 464 g/mol. The molecule has 11 heteroatoms. The third kappa shape index (κ3) is 3.83. The number of rotatable bonds is 4. The van der Waals surface area contributed by atoms with Gasteiger partial charge >= 0.3 is 0 Å². The number of carbonyl (C=O) groups is 1. The van der Waals surface area contributed by atoms with Gasteiger partial charge in [-0.15, -0.1) is 11.3 Å². The van der Waals surface area contributed by atoms with Crippen LogP contribution in [-0.2, 0) is 11.2 Å². The number of benzene rings is 1. The van der Waals surface area contributed by atoms with Crippen LogP contribution < -0.4 is 26.4 Å². The smallest absolute Gasteiger partial charge is 0.263 e. The molecule has 2 aliphatic rings. The summed E-state index contributed by atoms with van der Waals surface area (Å²) in [5, 5.41) is 3.55. The van der Waals surface area contributed by atoms with E-state index in [-0.39, 0.29) is 42.2 Å². The average molecular weight is 490 g/mol. The van der Waals surface area contributed by atoms with Gasteiger partial charge in [0.1, 0.15) is 22.1 Å². The van der Waals surface area contributed by atoms with Gasteiger partial charge in [-0.2, -0.15) is 0 Å². The van der Waals surface area contributed by atoms with Gasteiger partial charge in [0.15, 0.2) is 11.6 Å². The van der Waals surface area contributed by atoms with Gasteiger partial charge in [0.05, 0.1) is 29.6 Å². The van der Waals surface area contributed by atoms with E-state index in [0.29, 0.717) is 33.9 Å². The lowest BCUT2D eigenvalue weighted by Crippen LogP contribution is -2.43. The predicted octanol–water partition coefficient (Wildman–Crippen LogP) is 2.36. The van der Waals surface area contributed by atoms with E-state index in [4.69, 9.17) is 20.9 Å². The fourth-order valence-corrected chi connectivity index (χ4v) is 5.58. The lowest BCUT2D eigenvalue weighted by molar-refractivity contribution is 0.0918. The number of hydrogen-bond acceptors (Lipinski definition) is 8. The number of methoxy groups -OCH3 is 1. The summed E-state index contributed by atoms with van der Waals surface area (Å²) >= 11 is 1.20. The number of nitrogen functional groups attached to an aromatic ring is 1. The maximum atomic E-state index is 15.3. The highest BCUT2D eigenvalue weighted by Crippen LogP contribution is 2.38. The standard InChI is InChI=1S/C23H25F2N5O3S/c1-10-3-4-12-19(27)21(34-23(12)28-10)22(31)29-11-5-13-14(24)6-16(18(25)20(13)33-9-11)30-7-15(26)17(8-30)32-2/h3-4,6,11,15,17H,5,7-9,26-27H2,1-2H3,(H,29,31)/t11-,15+,17+/m1/s1. The Labute approximate surface area is 198 Å². The number of aromatic nitrogens is 1. The lowest BCUT2D eigenvalue weighted by Gasteiger charge is -2.29. The number of aryl methyl sites for hydroxylation is 1. The number of anilines is 2. The summed E-state index contributed by atoms with van der Waals surface area (Å²) in [6.07, 6.45) is -0.175. The molecule has 0 saturated carbocycles. The van der Waals surface area contributed by atoms with Crippen LogP contribution in [-0.4, -0.2) is 55.9 Å². The van der Waals surface area contributed by atoms with Crippen LogP contribution in [0.25, 0.3) is 10.2 Å². The summed E-state index contributed by atoms with van der Waals surface area (Å²) in [6.45, 7) is 2.56. The molecule has 3 aromatic rings. The fourth-order valence-electron chi connectivity index (χ4n) is 4.53. The number of ether oxygens (including phenoxy) is 2. The number of carbonyl (C=O) groups excluding carboxylic acids is 1. The molecule has 2 aromatic heterocycles. The number of thiophene rings is 1. The molecule has 0 aliphatic carbocycles. The number of pyridine rings is 1. The van der Waals surface area contributed by atoms with Crippen LogP contribution in [0.15, 0.2) is 18.2 Å². The molecule has 1 fully saturated rings. The second kappa shape index (κ2) is 8.64. The molecule has 0 spiro atoms. The largest absolute Gasteiger partial charge is 0.488 e. The number of nitrogens with zero attached hydrogens (tertiary/aromatic N) is 2. The van der Waals surface area contributed by atoms with Crippen LogP contribution in [0.2, 0.25) is 0 Å². The van der Waals surface area contributed by atoms with Gasteiger partial charge in [0.25, 0.3) is 5.91 Å². The molecular formula is C23H25F2N5O3S. The van der Waals surface area contributed by atoms with Crippen molar-refractivity contribution in [2.45, 2.75) is 31.5 Å². The Hall–Kier alpha value is -3.02. The van der Waals surface area contributed by atoms with Gasteiger partial charge in [0, 0.05) is 49.3 Å². The first-order valence-electron chi connectivity index (χ1n) is 10.9. The Morgan fingerprint density at radius 2 is 2.15 bits per heavy atom. The summed E-state index contributed by atoms with van der Waals surface area (Å²) in [4.78, 5) is 20.0.